The van der Waals surface area contributed by atoms with Gasteiger partial charge in [0.1, 0.15) is 0 Å². The Bertz CT molecular complexity index is 887. The van der Waals surface area contributed by atoms with E-state index in [9.17, 15) is 0 Å². The number of fused-ring (bicyclic) bond motifs is 3. The molecule has 0 aliphatic heterocycles. The lowest BCUT2D eigenvalue weighted by Crippen LogP contribution is -2.14. The molecule has 0 fully saturated rings. The highest BCUT2D eigenvalue weighted by atomic mass is 16.5. The van der Waals surface area contributed by atoms with Crippen LogP contribution in [0.25, 0.3) is 21.8 Å². The van der Waals surface area contributed by atoms with E-state index in [4.69, 9.17) is 4.74 Å². The molecule has 1 atom stereocenters. The van der Waals surface area contributed by atoms with E-state index in [0.29, 0.717) is 6.61 Å². The normalized spacial score (nSPS) is 12.7. The maximum absolute atomic E-state index is 6.15. The number of benzene rings is 3. The van der Waals surface area contributed by atoms with Crippen LogP contribution in [0, 0.1) is 0 Å². The van der Waals surface area contributed by atoms with E-state index in [1.165, 1.54) is 27.4 Å². The van der Waals surface area contributed by atoms with Crippen molar-refractivity contribution in [3.8, 4) is 0 Å². The summed E-state index contributed by atoms with van der Waals surface area (Å²) in [6.45, 7) is 2.71. The zero-order chi connectivity index (χ0) is 15.6. The van der Waals surface area contributed by atoms with E-state index < -0.39 is 0 Å². The third-order valence-corrected chi connectivity index (χ3v) is 4.26. The van der Waals surface area contributed by atoms with Gasteiger partial charge < -0.3 is 9.30 Å². The average molecular weight is 301 g/mol. The lowest BCUT2D eigenvalue weighted by atomic mass is 10.2. The van der Waals surface area contributed by atoms with Crippen LogP contribution < -0.4 is 0 Å². The zero-order valence-corrected chi connectivity index (χ0v) is 13.1. The predicted octanol–water partition coefficient (Wildman–Crippen LogP) is 5.38. The molecule has 0 saturated heterocycles. The molecule has 3 aromatic carbocycles. The van der Waals surface area contributed by atoms with Crippen LogP contribution in [0.3, 0.4) is 0 Å². The van der Waals surface area contributed by atoms with Crippen LogP contribution in [0.4, 0.5) is 0 Å². The number of hydrogen-bond acceptors (Lipinski definition) is 1. The fraction of sp³-hybridized carbons (Fsp3) is 0.143. The van der Waals surface area contributed by atoms with E-state index in [1.54, 1.807) is 0 Å². The smallest absolute Gasteiger partial charge is 0.160 e. The molecule has 0 N–H and O–H groups in total. The summed E-state index contributed by atoms with van der Waals surface area (Å²) in [5.74, 6) is 0. The molecule has 0 amide bonds. The van der Waals surface area contributed by atoms with Crippen molar-refractivity contribution < 1.29 is 4.74 Å². The maximum atomic E-state index is 6.15. The monoisotopic (exact) mass is 301 g/mol. The number of aromatic nitrogens is 1. The quantitative estimate of drug-likeness (QED) is 0.494. The first-order valence-corrected chi connectivity index (χ1v) is 8.04. The second kappa shape index (κ2) is 5.90. The van der Waals surface area contributed by atoms with Gasteiger partial charge in [-0.2, -0.15) is 0 Å². The molecule has 4 aromatic rings. The fourth-order valence-corrected chi connectivity index (χ4v) is 3.30. The molecule has 0 aliphatic carbocycles. The Hall–Kier alpha value is -2.58. The highest BCUT2D eigenvalue weighted by molar-refractivity contribution is 6.08. The molecule has 2 heteroatoms. The highest BCUT2D eigenvalue weighted by Gasteiger charge is 2.19. The molecule has 4 rings (SSSR count). The van der Waals surface area contributed by atoms with Crippen LogP contribution in [-0.4, -0.2) is 11.2 Å². The van der Waals surface area contributed by atoms with Gasteiger partial charge in [-0.3, -0.25) is 0 Å². The van der Waals surface area contributed by atoms with Gasteiger partial charge in [-0.25, -0.2) is 0 Å². The number of para-hydroxylation sites is 2. The van der Waals surface area contributed by atoms with Crippen molar-refractivity contribution in [2.24, 2.45) is 0 Å². The van der Waals surface area contributed by atoms with Crippen LogP contribution in [-0.2, 0) is 4.74 Å². The van der Waals surface area contributed by atoms with Crippen molar-refractivity contribution in [1.29, 1.82) is 0 Å². The van der Waals surface area contributed by atoms with Gasteiger partial charge in [-0.15, -0.1) is 0 Å². The minimum atomic E-state index is -0.119. The van der Waals surface area contributed by atoms with Gasteiger partial charge in [0.15, 0.2) is 6.23 Å². The standard InChI is InChI=1S/C21H19NO/c1-2-23-21(16-10-4-3-5-11-16)22-19-14-8-6-12-17(19)18-13-7-9-15-20(18)22/h3-15,21H,2H2,1H3/t21-/m0/s1. The summed E-state index contributed by atoms with van der Waals surface area (Å²) < 4.78 is 8.46. The molecule has 0 spiro atoms. The molecule has 0 aliphatic rings. The number of hydrogen-bond donors (Lipinski definition) is 0. The first-order valence-electron chi connectivity index (χ1n) is 8.04. The third kappa shape index (κ3) is 2.32. The summed E-state index contributed by atoms with van der Waals surface area (Å²) in [5.41, 5.74) is 3.58. The second-order valence-corrected chi connectivity index (χ2v) is 5.62. The second-order valence-electron chi connectivity index (χ2n) is 5.62. The molecule has 1 aromatic heterocycles. The first kappa shape index (κ1) is 14.0. The molecular weight excluding hydrogens is 282 g/mol. The molecule has 2 nitrogen and oxygen atoms in total. The summed E-state index contributed by atoms with van der Waals surface area (Å²) in [4.78, 5) is 0. The SMILES string of the molecule is CCO[C@@H](c1ccccc1)n1c2ccccc2c2ccccc21. The summed E-state index contributed by atoms with van der Waals surface area (Å²) in [6.07, 6.45) is -0.119. The van der Waals surface area contributed by atoms with Crippen molar-refractivity contribution in [2.45, 2.75) is 13.2 Å². The Morgan fingerprint density at radius 2 is 1.26 bits per heavy atom. The van der Waals surface area contributed by atoms with Gasteiger partial charge in [0, 0.05) is 22.9 Å². The average Bonchev–Trinajstić information content (AvgIpc) is 2.95. The Kier molecular flexibility index (Phi) is 3.60. The summed E-state index contributed by atoms with van der Waals surface area (Å²) in [6, 6.07) is 27.5. The topological polar surface area (TPSA) is 14.2 Å². The van der Waals surface area contributed by atoms with E-state index in [0.717, 1.165) is 0 Å². The maximum Gasteiger partial charge on any atom is 0.160 e. The Labute approximate surface area is 135 Å². The molecule has 114 valence electrons. The molecular formula is C21H19NO. The van der Waals surface area contributed by atoms with Crippen molar-refractivity contribution in [3.05, 3.63) is 84.4 Å². The number of nitrogens with zero attached hydrogens (tertiary/aromatic N) is 1. The summed E-state index contributed by atoms with van der Waals surface area (Å²) >= 11 is 0. The molecule has 0 unspecified atom stereocenters. The van der Waals surface area contributed by atoms with Crippen LogP contribution in [0.5, 0.6) is 0 Å². The first-order chi connectivity index (χ1) is 11.4. The largest absolute Gasteiger partial charge is 0.354 e. The lowest BCUT2D eigenvalue weighted by molar-refractivity contribution is 0.0470. The van der Waals surface area contributed by atoms with Gasteiger partial charge >= 0.3 is 0 Å². The molecule has 1 heterocycles. The Balaban J connectivity index is 2.05. The van der Waals surface area contributed by atoms with Crippen molar-refractivity contribution >= 4 is 21.8 Å². The predicted molar refractivity (Wildman–Crippen MR) is 95.7 cm³/mol. The third-order valence-electron chi connectivity index (χ3n) is 4.26. The lowest BCUT2D eigenvalue weighted by Gasteiger charge is -2.21. The van der Waals surface area contributed by atoms with E-state index in [1.807, 2.05) is 13.0 Å². The number of ether oxygens (including phenoxy) is 1. The van der Waals surface area contributed by atoms with E-state index in [2.05, 4.69) is 77.4 Å². The Morgan fingerprint density at radius 3 is 1.83 bits per heavy atom. The zero-order valence-electron chi connectivity index (χ0n) is 13.1. The van der Waals surface area contributed by atoms with E-state index in [-0.39, 0.29) is 6.23 Å². The van der Waals surface area contributed by atoms with Gasteiger partial charge in [0.25, 0.3) is 0 Å². The van der Waals surface area contributed by atoms with E-state index >= 15 is 0 Å². The molecule has 23 heavy (non-hydrogen) atoms. The highest BCUT2D eigenvalue weighted by Crippen LogP contribution is 2.34. The minimum Gasteiger partial charge on any atom is -0.354 e. The summed E-state index contributed by atoms with van der Waals surface area (Å²) in [7, 11) is 0. The van der Waals surface area contributed by atoms with Crippen LogP contribution >= 0.6 is 0 Å². The van der Waals surface area contributed by atoms with Gasteiger partial charge in [-0.1, -0.05) is 66.7 Å². The summed E-state index contributed by atoms with van der Waals surface area (Å²) in [5, 5.41) is 2.53. The van der Waals surface area contributed by atoms with Crippen LogP contribution in [0.15, 0.2) is 78.9 Å². The van der Waals surface area contributed by atoms with Gasteiger partial charge in [0.05, 0.1) is 11.0 Å². The van der Waals surface area contributed by atoms with Crippen LogP contribution in [0.2, 0.25) is 0 Å². The van der Waals surface area contributed by atoms with Crippen molar-refractivity contribution in [1.82, 2.24) is 4.57 Å². The fourth-order valence-electron chi connectivity index (χ4n) is 3.30. The Morgan fingerprint density at radius 1 is 0.739 bits per heavy atom. The molecule has 0 bridgehead atoms. The number of rotatable bonds is 4. The van der Waals surface area contributed by atoms with Gasteiger partial charge in [-0.05, 0) is 19.1 Å². The van der Waals surface area contributed by atoms with Crippen LogP contribution in [0.1, 0.15) is 18.7 Å². The minimum absolute atomic E-state index is 0.119. The van der Waals surface area contributed by atoms with Crippen molar-refractivity contribution in [3.63, 3.8) is 0 Å². The molecule has 0 saturated carbocycles. The van der Waals surface area contributed by atoms with Crippen molar-refractivity contribution in [2.75, 3.05) is 6.61 Å². The molecule has 0 radical (unpaired) electrons. The van der Waals surface area contributed by atoms with Gasteiger partial charge in [0.2, 0.25) is 0 Å².